The molecular weight excluding hydrogens is 670 g/mol. The fraction of sp³-hybridized carbons (Fsp3) is 0.0357. The number of nitrogen functional groups attached to an aromatic ring is 1. The summed E-state index contributed by atoms with van der Waals surface area (Å²) in [6.07, 6.45) is 2.60. The summed E-state index contributed by atoms with van der Waals surface area (Å²) in [5.41, 5.74) is 6.01. The Bertz CT molecular complexity index is 2330. The zero-order valence-electron chi connectivity index (χ0n) is 22.8. The van der Waals surface area contributed by atoms with E-state index in [1.54, 1.807) is 34.9 Å². The Balaban J connectivity index is 1.43. The molecule has 6 aromatic rings. The minimum absolute atomic E-state index is 0.0309. The van der Waals surface area contributed by atoms with Crippen LogP contribution in [0, 0.1) is 11.6 Å². The molecule has 5 N–H and O–H groups in total. The van der Waals surface area contributed by atoms with Crippen molar-refractivity contribution in [1.29, 1.82) is 0 Å². The molecule has 0 saturated carbocycles. The summed E-state index contributed by atoms with van der Waals surface area (Å²) in [7, 11) is -8.20. The SMILES string of the molecule is CP(=O)(O)c1cn(-c2ccc3ncnc(Nc4c(F)ccc(NS(=O)(=O)c5cccc(Cl)c5Cl)c4F)c3n2)c2cccc(N)c12. The standard InChI is InChI=1S/C28H20Cl2F2N7O4PS/c1-44(40,41)20-12-39(19-6-3-5-16(33)23(19)20)22-11-10-18-27(36-22)28(35-13-34-18)37-26-15(31)8-9-17(25(26)32)38-45(42,43)21-7-2-4-14(29)24(21)30/h2-13,38H,33H2,1H3,(H,40,41)(H,34,35,37). The predicted molar refractivity (Wildman–Crippen MR) is 171 cm³/mol. The van der Waals surface area contributed by atoms with Crippen molar-refractivity contribution in [2.24, 2.45) is 0 Å². The van der Waals surface area contributed by atoms with Crippen LogP contribution in [0.3, 0.4) is 0 Å². The maximum Gasteiger partial charge on any atom is 0.263 e. The van der Waals surface area contributed by atoms with Crippen molar-refractivity contribution >= 4 is 90.7 Å². The van der Waals surface area contributed by atoms with Crippen molar-refractivity contribution in [2.75, 3.05) is 22.4 Å². The van der Waals surface area contributed by atoms with E-state index < -0.39 is 45.3 Å². The second kappa shape index (κ2) is 11.2. The molecule has 1 unspecified atom stereocenters. The maximum atomic E-state index is 15.7. The van der Waals surface area contributed by atoms with E-state index in [-0.39, 0.29) is 32.5 Å². The second-order valence-corrected chi connectivity index (χ2v) is 14.5. The van der Waals surface area contributed by atoms with Gasteiger partial charge >= 0.3 is 0 Å². The lowest BCUT2D eigenvalue weighted by molar-refractivity contribution is 0.496. The van der Waals surface area contributed by atoms with Crippen LogP contribution in [-0.2, 0) is 14.6 Å². The van der Waals surface area contributed by atoms with Crippen molar-refractivity contribution in [1.82, 2.24) is 19.5 Å². The van der Waals surface area contributed by atoms with Crippen LogP contribution in [0.4, 0.5) is 31.7 Å². The smallest absolute Gasteiger partial charge is 0.263 e. The summed E-state index contributed by atoms with van der Waals surface area (Å²) >= 11 is 12.0. The molecule has 45 heavy (non-hydrogen) atoms. The summed E-state index contributed by atoms with van der Waals surface area (Å²) in [5, 5.41) is 2.78. The molecule has 3 aromatic carbocycles. The van der Waals surface area contributed by atoms with Gasteiger partial charge in [0, 0.05) is 23.9 Å². The number of anilines is 4. The summed E-state index contributed by atoms with van der Waals surface area (Å²) in [6, 6.07) is 13.9. The molecular formula is C28H20Cl2F2N7O4PS. The molecule has 0 aliphatic carbocycles. The van der Waals surface area contributed by atoms with Gasteiger partial charge in [-0.15, -0.1) is 0 Å². The summed E-state index contributed by atoms with van der Waals surface area (Å²) in [5.74, 6) is -2.19. The van der Waals surface area contributed by atoms with Gasteiger partial charge in [0.2, 0.25) is 7.37 Å². The van der Waals surface area contributed by atoms with Gasteiger partial charge in [-0.05, 0) is 48.5 Å². The van der Waals surface area contributed by atoms with Gasteiger partial charge in [-0.1, -0.05) is 35.3 Å². The van der Waals surface area contributed by atoms with E-state index >= 15 is 8.78 Å². The Kier molecular flexibility index (Phi) is 7.66. The summed E-state index contributed by atoms with van der Waals surface area (Å²) < 4.78 is 73.0. The van der Waals surface area contributed by atoms with E-state index in [0.29, 0.717) is 22.1 Å². The topological polar surface area (TPSA) is 165 Å². The monoisotopic (exact) mass is 689 g/mol. The Labute approximate surface area is 264 Å². The normalized spacial score (nSPS) is 13.2. The van der Waals surface area contributed by atoms with E-state index in [1.807, 2.05) is 0 Å². The molecule has 6 rings (SSSR count). The largest absolute Gasteiger partial charge is 0.398 e. The molecule has 3 heterocycles. The van der Waals surface area contributed by atoms with Gasteiger partial charge in [0.1, 0.15) is 34.1 Å². The molecule has 0 bridgehead atoms. The average molecular weight is 690 g/mol. The highest BCUT2D eigenvalue weighted by Gasteiger charge is 2.25. The average Bonchev–Trinajstić information content (AvgIpc) is 3.40. The predicted octanol–water partition coefficient (Wildman–Crippen LogP) is 6.21. The van der Waals surface area contributed by atoms with Crippen LogP contribution in [0.1, 0.15) is 0 Å². The Hall–Kier alpha value is -4.33. The zero-order chi connectivity index (χ0) is 32.3. The van der Waals surface area contributed by atoms with Crippen LogP contribution in [0.15, 0.2) is 78.1 Å². The number of nitrogens with zero attached hydrogens (tertiary/aromatic N) is 4. The van der Waals surface area contributed by atoms with Crippen LogP contribution in [0.5, 0.6) is 0 Å². The fourth-order valence-electron chi connectivity index (χ4n) is 4.71. The maximum absolute atomic E-state index is 15.7. The Morgan fingerprint density at radius 3 is 2.53 bits per heavy atom. The van der Waals surface area contributed by atoms with Gasteiger partial charge in [0.05, 0.1) is 32.1 Å². The Morgan fingerprint density at radius 2 is 1.78 bits per heavy atom. The highest BCUT2D eigenvalue weighted by Crippen LogP contribution is 2.40. The molecule has 0 saturated heterocycles. The van der Waals surface area contributed by atoms with Gasteiger partial charge < -0.3 is 20.5 Å². The number of rotatable bonds is 7. The molecule has 0 radical (unpaired) electrons. The lowest BCUT2D eigenvalue weighted by Crippen LogP contribution is -2.15. The lowest BCUT2D eigenvalue weighted by atomic mass is 10.2. The molecule has 0 amide bonds. The quantitative estimate of drug-likeness (QED) is 0.113. The number of sulfonamides is 1. The van der Waals surface area contributed by atoms with Crippen LogP contribution < -0.4 is 21.1 Å². The lowest BCUT2D eigenvalue weighted by Gasteiger charge is -2.15. The third kappa shape index (κ3) is 5.55. The van der Waals surface area contributed by atoms with Crippen molar-refractivity contribution in [3.63, 3.8) is 0 Å². The zero-order valence-corrected chi connectivity index (χ0v) is 26.1. The molecule has 17 heteroatoms. The van der Waals surface area contributed by atoms with E-state index in [1.165, 1.54) is 31.1 Å². The molecule has 11 nitrogen and oxygen atoms in total. The number of nitrogens with two attached hydrogens (primary N) is 1. The first-order chi connectivity index (χ1) is 21.3. The first-order valence-electron chi connectivity index (χ1n) is 12.8. The van der Waals surface area contributed by atoms with Gasteiger partial charge in [-0.2, -0.15) is 0 Å². The van der Waals surface area contributed by atoms with Crippen LogP contribution >= 0.6 is 30.6 Å². The number of hydrogen-bond acceptors (Lipinski definition) is 8. The molecule has 3 aromatic heterocycles. The molecule has 0 spiro atoms. The fourth-order valence-corrected chi connectivity index (χ4v) is 7.52. The van der Waals surface area contributed by atoms with E-state index in [9.17, 15) is 17.9 Å². The van der Waals surface area contributed by atoms with Crippen molar-refractivity contribution in [2.45, 2.75) is 4.90 Å². The van der Waals surface area contributed by atoms with Crippen LogP contribution in [0.25, 0.3) is 27.8 Å². The van der Waals surface area contributed by atoms with Gasteiger partial charge in [-0.3, -0.25) is 9.29 Å². The molecule has 230 valence electrons. The third-order valence-corrected chi connectivity index (χ3v) is 10.4. The summed E-state index contributed by atoms with van der Waals surface area (Å²) in [6.45, 7) is 1.20. The number of pyridine rings is 1. The summed E-state index contributed by atoms with van der Waals surface area (Å²) in [4.78, 5) is 22.9. The molecule has 0 aliphatic rings. The number of fused-ring (bicyclic) bond motifs is 2. The van der Waals surface area contributed by atoms with Gasteiger partial charge in [0.25, 0.3) is 10.0 Å². The van der Waals surface area contributed by atoms with Crippen molar-refractivity contribution in [3.8, 4) is 5.82 Å². The molecule has 0 aliphatic heterocycles. The van der Waals surface area contributed by atoms with Crippen molar-refractivity contribution in [3.05, 3.63) is 94.9 Å². The van der Waals surface area contributed by atoms with E-state index in [2.05, 4.69) is 25.0 Å². The number of hydrogen-bond donors (Lipinski definition) is 4. The minimum atomic E-state index is -4.44. The number of benzene rings is 3. The second-order valence-electron chi connectivity index (χ2n) is 9.83. The van der Waals surface area contributed by atoms with E-state index in [4.69, 9.17) is 28.9 Å². The van der Waals surface area contributed by atoms with Gasteiger partial charge in [0.15, 0.2) is 11.6 Å². The third-order valence-electron chi connectivity index (χ3n) is 6.79. The van der Waals surface area contributed by atoms with Crippen molar-refractivity contribution < 1.29 is 26.7 Å². The number of nitrogens with one attached hydrogen (secondary N) is 2. The highest BCUT2D eigenvalue weighted by atomic mass is 35.5. The van der Waals surface area contributed by atoms with Gasteiger partial charge in [-0.25, -0.2) is 32.2 Å². The number of aromatic nitrogens is 4. The first kappa shape index (κ1) is 30.7. The first-order valence-corrected chi connectivity index (χ1v) is 17.1. The highest BCUT2D eigenvalue weighted by molar-refractivity contribution is 7.92. The Morgan fingerprint density at radius 1 is 1.02 bits per heavy atom. The molecule has 0 fully saturated rings. The van der Waals surface area contributed by atoms with E-state index in [0.717, 1.165) is 18.5 Å². The minimum Gasteiger partial charge on any atom is -0.398 e. The van der Waals surface area contributed by atoms with Crippen LogP contribution in [-0.4, -0.2) is 39.5 Å². The number of halogens is 4. The molecule has 1 atom stereocenters. The van der Waals surface area contributed by atoms with Crippen LogP contribution in [0.2, 0.25) is 10.0 Å².